The van der Waals surface area contributed by atoms with Crippen LogP contribution in [0.15, 0.2) is 84.9 Å². The maximum absolute atomic E-state index is 12.6. The van der Waals surface area contributed by atoms with Crippen LogP contribution in [0, 0.1) is 5.41 Å². The van der Waals surface area contributed by atoms with E-state index in [9.17, 15) is 4.79 Å². The van der Waals surface area contributed by atoms with Crippen LogP contribution in [0.2, 0.25) is 0 Å². The monoisotopic (exact) mass is 385 g/mol. The third kappa shape index (κ3) is 6.13. The summed E-state index contributed by atoms with van der Waals surface area (Å²) in [5.74, 6) is 0.185. The summed E-state index contributed by atoms with van der Waals surface area (Å²) in [5.41, 5.74) is 4.63. The first kappa shape index (κ1) is 21.0. The molecule has 3 aromatic rings. The highest BCUT2D eigenvalue weighted by atomic mass is 16.1. The molecule has 2 nitrogen and oxygen atoms in total. The number of hydrogen-bond donors (Lipinski definition) is 1. The molecular weight excluding hydrogens is 354 g/mol. The minimum absolute atomic E-state index is 0.0729. The number of rotatable bonds is 8. The third-order valence-corrected chi connectivity index (χ3v) is 5.23. The van der Waals surface area contributed by atoms with Crippen molar-refractivity contribution in [1.29, 1.82) is 0 Å². The Bertz CT molecular complexity index is 893. The molecule has 1 N–H and O–H groups in total. The topological polar surface area (TPSA) is 29.1 Å². The minimum Gasteiger partial charge on any atom is -0.309 e. The molecule has 150 valence electrons. The zero-order valence-electron chi connectivity index (χ0n) is 17.7. The molecule has 0 aliphatic carbocycles. The molecule has 2 heteroatoms. The fourth-order valence-corrected chi connectivity index (χ4v) is 3.68. The molecule has 0 amide bonds. The van der Waals surface area contributed by atoms with Crippen molar-refractivity contribution in [3.8, 4) is 0 Å². The van der Waals surface area contributed by atoms with Crippen LogP contribution in [0.5, 0.6) is 0 Å². The first-order chi connectivity index (χ1) is 13.9. The minimum atomic E-state index is 0.0729. The fourth-order valence-electron chi connectivity index (χ4n) is 3.68. The van der Waals surface area contributed by atoms with Crippen molar-refractivity contribution in [1.82, 2.24) is 5.32 Å². The Morgan fingerprint density at radius 3 is 1.93 bits per heavy atom. The molecule has 0 heterocycles. The van der Waals surface area contributed by atoms with Crippen molar-refractivity contribution in [2.45, 2.75) is 39.7 Å². The number of carbonyl (C=O) groups excluding carboxylic acids is 1. The van der Waals surface area contributed by atoms with Crippen molar-refractivity contribution in [3.05, 3.63) is 107 Å². The number of nitrogens with one attached hydrogen (secondary N) is 1. The number of Topliss-reactive ketones (excluding diaryl/α,β-unsaturated/α-hetero) is 1. The molecular formula is C27H31NO. The van der Waals surface area contributed by atoms with Crippen molar-refractivity contribution in [3.63, 3.8) is 0 Å². The van der Waals surface area contributed by atoms with Gasteiger partial charge in [0.05, 0.1) is 0 Å². The summed E-state index contributed by atoms with van der Waals surface area (Å²) in [6, 6.07) is 29.1. The van der Waals surface area contributed by atoms with Crippen LogP contribution in [-0.2, 0) is 6.42 Å². The van der Waals surface area contributed by atoms with Crippen molar-refractivity contribution >= 4 is 5.78 Å². The van der Waals surface area contributed by atoms with E-state index in [1.165, 1.54) is 16.7 Å². The van der Waals surface area contributed by atoms with Crippen LogP contribution < -0.4 is 5.32 Å². The van der Waals surface area contributed by atoms with Gasteiger partial charge in [0.1, 0.15) is 0 Å². The van der Waals surface area contributed by atoms with Crippen LogP contribution in [0.1, 0.15) is 60.3 Å². The second kappa shape index (κ2) is 9.67. The molecule has 29 heavy (non-hydrogen) atoms. The number of hydrogen-bond acceptors (Lipinski definition) is 2. The highest BCUT2D eigenvalue weighted by Gasteiger charge is 2.25. The van der Waals surface area contributed by atoms with Gasteiger partial charge in [0.25, 0.3) is 0 Å². The standard InChI is InChI=1S/C27H31NO/c1-27(2,3)26(24-12-8-5-9-13-24)28-19-18-25(29)23-16-14-22(15-17-23)20-21-10-6-4-7-11-21/h4-17,26,28H,18-20H2,1-3H3. The van der Waals surface area contributed by atoms with Gasteiger partial charge in [-0.05, 0) is 28.5 Å². The second-order valence-corrected chi connectivity index (χ2v) is 8.70. The summed E-state index contributed by atoms with van der Waals surface area (Å²) in [4.78, 5) is 12.6. The normalized spacial score (nSPS) is 12.5. The molecule has 0 bridgehead atoms. The fraction of sp³-hybridized carbons (Fsp3) is 0.296. The average molecular weight is 386 g/mol. The zero-order chi connectivity index (χ0) is 20.7. The van der Waals surface area contributed by atoms with E-state index in [-0.39, 0.29) is 17.2 Å². The number of benzene rings is 3. The van der Waals surface area contributed by atoms with E-state index in [2.05, 4.69) is 86.8 Å². The highest BCUT2D eigenvalue weighted by Crippen LogP contribution is 2.32. The summed E-state index contributed by atoms with van der Waals surface area (Å²) in [7, 11) is 0. The van der Waals surface area contributed by atoms with Crippen molar-refractivity contribution < 1.29 is 4.79 Å². The molecule has 0 radical (unpaired) electrons. The Labute approximate surface area is 175 Å². The molecule has 0 saturated carbocycles. The van der Waals surface area contributed by atoms with Gasteiger partial charge in [0, 0.05) is 24.6 Å². The summed E-state index contributed by atoms with van der Waals surface area (Å²) in [6.07, 6.45) is 1.39. The third-order valence-electron chi connectivity index (χ3n) is 5.23. The average Bonchev–Trinajstić information content (AvgIpc) is 2.72. The van der Waals surface area contributed by atoms with Crippen molar-refractivity contribution in [2.24, 2.45) is 5.41 Å². The van der Waals surface area contributed by atoms with Gasteiger partial charge in [-0.15, -0.1) is 0 Å². The molecule has 0 spiro atoms. The molecule has 0 aliphatic rings. The van der Waals surface area contributed by atoms with Gasteiger partial charge in [-0.2, -0.15) is 0 Å². The number of carbonyl (C=O) groups is 1. The molecule has 0 aliphatic heterocycles. The lowest BCUT2D eigenvalue weighted by Crippen LogP contribution is -2.33. The predicted molar refractivity (Wildman–Crippen MR) is 121 cm³/mol. The largest absolute Gasteiger partial charge is 0.309 e. The smallest absolute Gasteiger partial charge is 0.164 e. The van der Waals surface area contributed by atoms with Gasteiger partial charge in [-0.3, -0.25) is 4.79 Å². The van der Waals surface area contributed by atoms with Crippen LogP contribution in [0.3, 0.4) is 0 Å². The van der Waals surface area contributed by atoms with Gasteiger partial charge in [-0.1, -0.05) is 106 Å². The van der Waals surface area contributed by atoms with E-state index in [1.54, 1.807) is 0 Å². The van der Waals surface area contributed by atoms with Crippen LogP contribution in [0.4, 0.5) is 0 Å². The SMILES string of the molecule is CC(C)(C)C(NCCC(=O)c1ccc(Cc2ccccc2)cc1)c1ccccc1. The summed E-state index contributed by atoms with van der Waals surface area (Å²) in [5, 5.41) is 3.60. The van der Waals surface area contributed by atoms with Crippen LogP contribution in [-0.4, -0.2) is 12.3 Å². The molecule has 3 aromatic carbocycles. The molecule has 0 saturated heterocycles. The lowest BCUT2D eigenvalue weighted by molar-refractivity contribution is 0.0978. The molecule has 1 unspecified atom stereocenters. The Morgan fingerprint density at radius 2 is 1.34 bits per heavy atom. The maximum Gasteiger partial charge on any atom is 0.164 e. The Balaban J connectivity index is 1.56. The van der Waals surface area contributed by atoms with Crippen LogP contribution >= 0.6 is 0 Å². The van der Waals surface area contributed by atoms with Gasteiger partial charge >= 0.3 is 0 Å². The van der Waals surface area contributed by atoms with E-state index >= 15 is 0 Å². The maximum atomic E-state index is 12.6. The lowest BCUT2D eigenvalue weighted by Gasteiger charge is -2.32. The van der Waals surface area contributed by atoms with Crippen molar-refractivity contribution in [2.75, 3.05) is 6.54 Å². The van der Waals surface area contributed by atoms with Gasteiger partial charge in [-0.25, -0.2) is 0 Å². The predicted octanol–water partition coefficient (Wildman–Crippen LogP) is 6.23. The quantitative estimate of drug-likeness (QED) is 0.466. The summed E-state index contributed by atoms with van der Waals surface area (Å²) >= 11 is 0. The summed E-state index contributed by atoms with van der Waals surface area (Å²) in [6.45, 7) is 7.35. The lowest BCUT2D eigenvalue weighted by atomic mass is 9.82. The second-order valence-electron chi connectivity index (χ2n) is 8.70. The van der Waals surface area contributed by atoms with E-state index in [0.29, 0.717) is 13.0 Å². The molecule has 1 atom stereocenters. The highest BCUT2D eigenvalue weighted by molar-refractivity contribution is 5.96. The first-order valence-corrected chi connectivity index (χ1v) is 10.4. The van der Waals surface area contributed by atoms with E-state index in [1.807, 2.05) is 24.3 Å². The van der Waals surface area contributed by atoms with Gasteiger partial charge < -0.3 is 5.32 Å². The van der Waals surface area contributed by atoms with Gasteiger partial charge in [0.15, 0.2) is 5.78 Å². The molecule has 0 aromatic heterocycles. The zero-order valence-corrected chi connectivity index (χ0v) is 17.7. The van der Waals surface area contributed by atoms with Crippen LogP contribution in [0.25, 0.3) is 0 Å². The van der Waals surface area contributed by atoms with E-state index in [4.69, 9.17) is 0 Å². The molecule has 0 fully saturated rings. The van der Waals surface area contributed by atoms with Gasteiger partial charge in [0.2, 0.25) is 0 Å². The Kier molecular flexibility index (Phi) is 7.00. The first-order valence-electron chi connectivity index (χ1n) is 10.4. The number of ketones is 1. The molecule has 3 rings (SSSR count). The van der Waals surface area contributed by atoms with E-state index in [0.717, 1.165) is 12.0 Å². The van der Waals surface area contributed by atoms with E-state index < -0.39 is 0 Å². The Hall–Kier alpha value is -2.71. The Morgan fingerprint density at radius 1 is 0.793 bits per heavy atom. The summed E-state index contributed by atoms with van der Waals surface area (Å²) < 4.78 is 0.